The Hall–Kier alpha value is -3.24. The van der Waals surface area contributed by atoms with E-state index in [-0.39, 0.29) is 6.07 Å². The number of nitrogens with zero attached hydrogens (tertiary/aromatic N) is 1. The summed E-state index contributed by atoms with van der Waals surface area (Å²) in [6.45, 7) is 0. The Morgan fingerprint density at radius 2 is 1.03 bits per heavy atom. The number of hydrogen-bond donors (Lipinski definition) is 1. The highest BCUT2D eigenvalue weighted by Crippen LogP contribution is 2.47. The molecule has 0 saturated carbocycles. The summed E-state index contributed by atoms with van der Waals surface area (Å²) in [5.41, 5.74) is -8.40. The first-order chi connectivity index (χ1) is 14.2. The lowest BCUT2D eigenvalue weighted by Gasteiger charge is -2.19. The van der Waals surface area contributed by atoms with E-state index in [4.69, 9.17) is 0 Å². The fourth-order valence-corrected chi connectivity index (χ4v) is 2.98. The molecular weight excluding hydrogens is 441 g/mol. The van der Waals surface area contributed by atoms with Gasteiger partial charge in [-0.05, 0) is 23.8 Å². The second-order valence-electron chi connectivity index (χ2n) is 6.34. The summed E-state index contributed by atoms with van der Waals surface area (Å²) in [5, 5.41) is 10.5. The average molecular weight is 451 g/mol. The monoisotopic (exact) mass is 451 g/mol. The number of benzene rings is 2. The summed E-state index contributed by atoms with van der Waals surface area (Å²) >= 11 is 0. The van der Waals surface area contributed by atoms with Crippen LogP contribution in [0.1, 0.15) is 16.8 Å². The van der Waals surface area contributed by atoms with Crippen molar-refractivity contribution in [1.29, 1.82) is 0 Å². The molecule has 1 heterocycles. The minimum atomic E-state index is -5.21. The Morgan fingerprint density at radius 1 is 0.581 bits per heavy atom. The molecule has 0 amide bonds. The van der Waals surface area contributed by atoms with E-state index in [1.807, 2.05) is 0 Å². The number of aromatic hydroxyl groups is 1. The van der Waals surface area contributed by atoms with Crippen molar-refractivity contribution in [2.45, 2.75) is 18.5 Å². The van der Waals surface area contributed by atoms with Gasteiger partial charge in [-0.1, -0.05) is 36.4 Å². The predicted octanol–water partition coefficient (Wildman–Crippen LogP) is 7.18. The minimum absolute atomic E-state index is 0.166. The second kappa shape index (κ2) is 7.47. The van der Waals surface area contributed by atoms with E-state index in [0.717, 1.165) is 36.4 Å². The normalized spacial score (nSPS) is 12.8. The summed E-state index contributed by atoms with van der Waals surface area (Å²) in [6.07, 6.45) is -15.2. The third-order valence-electron chi connectivity index (χ3n) is 4.29. The van der Waals surface area contributed by atoms with Crippen molar-refractivity contribution in [3.63, 3.8) is 0 Å². The molecule has 0 unspecified atom stereocenters. The molecule has 0 aliphatic heterocycles. The van der Waals surface area contributed by atoms with Gasteiger partial charge in [0.1, 0.15) is 17.1 Å². The van der Waals surface area contributed by atoms with Crippen LogP contribution in [0, 0.1) is 0 Å². The maximum Gasteiger partial charge on any atom is 0.433 e. The SMILES string of the molecule is Oc1c(-c2ccccc2C(F)(F)F)cc(C(F)(F)F)nc1-c1ccccc1C(F)(F)F. The smallest absolute Gasteiger partial charge is 0.433 e. The van der Waals surface area contributed by atoms with E-state index in [1.165, 1.54) is 0 Å². The molecule has 164 valence electrons. The third kappa shape index (κ3) is 4.44. The highest BCUT2D eigenvalue weighted by Gasteiger charge is 2.39. The lowest BCUT2D eigenvalue weighted by Crippen LogP contribution is -2.12. The van der Waals surface area contributed by atoms with Gasteiger partial charge >= 0.3 is 18.5 Å². The van der Waals surface area contributed by atoms with Crippen LogP contribution in [0.15, 0.2) is 54.6 Å². The molecular formula is C20H10F9NO. The number of alkyl halides is 9. The molecule has 0 radical (unpaired) electrons. The van der Waals surface area contributed by atoms with Crippen LogP contribution in [0.4, 0.5) is 39.5 Å². The number of pyridine rings is 1. The van der Waals surface area contributed by atoms with Crippen molar-refractivity contribution in [3.8, 4) is 28.1 Å². The molecule has 3 rings (SSSR count). The molecule has 0 aliphatic carbocycles. The lowest BCUT2D eigenvalue weighted by atomic mass is 9.94. The van der Waals surface area contributed by atoms with Gasteiger partial charge in [0.05, 0.1) is 11.1 Å². The maximum absolute atomic E-state index is 13.4. The van der Waals surface area contributed by atoms with Gasteiger partial charge in [-0.25, -0.2) is 4.98 Å². The summed E-state index contributed by atoms with van der Waals surface area (Å²) in [5.74, 6) is -1.25. The van der Waals surface area contributed by atoms with Crippen molar-refractivity contribution < 1.29 is 44.6 Å². The number of hydrogen-bond acceptors (Lipinski definition) is 2. The minimum Gasteiger partial charge on any atom is -0.505 e. The number of aromatic nitrogens is 1. The molecule has 2 nitrogen and oxygen atoms in total. The van der Waals surface area contributed by atoms with Crippen molar-refractivity contribution in [1.82, 2.24) is 4.98 Å². The zero-order valence-corrected chi connectivity index (χ0v) is 15.0. The van der Waals surface area contributed by atoms with Crippen LogP contribution in [0.25, 0.3) is 22.4 Å². The van der Waals surface area contributed by atoms with Gasteiger partial charge in [0.25, 0.3) is 0 Å². The van der Waals surface area contributed by atoms with E-state index in [0.29, 0.717) is 12.1 Å². The predicted molar refractivity (Wildman–Crippen MR) is 91.8 cm³/mol. The van der Waals surface area contributed by atoms with Gasteiger partial charge in [-0.3, -0.25) is 0 Å². The first-order valence-electron chi connectivity index (χ1n) is 8.35. The highest BCUT2D eigenvalue weighted by molar-refractivity contribution is 5.83. The zero-order valence-electron chi connectivity index (χ0n) is 15.0. The standard InChI is InChI=1S/C20H10F9NO/c21-18(22,23)13-7-3-1-5-10(13)12-9-15(20(27,28)29)30-16(17(12)31)11-6-2-4-8-14(11)19(24,25)26/h1-9,31H. The van der Waals surface area contributed by atoms with Gasteiger partial charge in [0.2, 0.25) is 0 Å². The van der Waals surface area contributed by atoms with Crippen molar-refractivity contribution in [3.05, 3.63) is 71.4 Å². The van der Waals surface area contributed by atoms with Crippen molar-refractivity contribution in [2.75, 3.05) is 0 Å². The van der Waals surface area contributed by atoms with E-state index in [9.17, 15) is 44.6 Å². The quantitative estimate of drug-likeness (QED) is 0.419. The molecule has 0 aliphatic rings. The van der Waals surface area contributed by atoms with E-state index in [2.05, 4.69) is 4.98 Å². The Morgan fingerprint density at radius 3 is 1.52 bits per heavy atom. The van der Waals surface area contributed by atoms with Gasteiger partial charge in [0, 0.05) is 11.1 Å². The lowest BCUT2D eigenvalue weighted by molar-refractivity contribution is -0.141. The van der Waals surface area contributed by atoms with Crippen LogP contribution in [0.5, 0.6) is 5.75 Å². The van der Waals surface area contributed by atoms with Crippen molar-refractivity contribution in [2.24, 2.45) is 0 Å². The Bertz CT molecular complexity index is 1040. The van der Waals surface area contributed by atoms with Gasteiger partial charge in [-0.2, -0.15) is 39.5 Å². The first-order valence-corrected chi connectivity index (χ1v) is 8.35. The summed E-state index contributed by atoms with van der Waals surface area (Å²) in [7, 11) is 0. The molecule has 0 saturated heterocycles. The Balaban J connectivity index is 2.42. The van der Waals surface area contributed by atoms with Crippen LogP contribution in [0.3, 0.4) is 0 Å². The van der Waals surface area contributed by atoms with Crippen LogP contribution in [0.2, 0.25) is 0 Å². The molecule has 0 spiro atoms. The third-order valence-corrected chi connectivity index (χ3v) is 4.29. The molecule has 1 aromatic heterocycles. The van der Waals surface area contributed by atoms with Gasteiger partial charge in [0.15, 0.2) is 0 Å². The first kappa shape index (κ1) is 22.4. The van der Waals surface area contributed by atoms with Gasteiger partial charge in [-0.15, -0.1) is 0 Å². The summed E-state index contributed by atoms with van der Waals surface area (Å²) < 4.78 is 120. The molecule has 2 aromatic carbocycles. The second-order valence-corrected chi connectivity index (χ2v) is 6.34. The molecule has 31 heavy (non-hydrogen) atoms. The Labute approximate surface area is 168 Å². The topological polar surface area (TPSA) is 33.1 Å². The zero-order chi connectivity index (χ0) is 23.2. The van der Waals surface area contributed by atoms with E-state index < -0.39 is 63.5 Å². The summed E-state index contributed by atoms with van der Waals surface area (Å²) in [4.78, 5) is 3.11. The summed E-state index contributed by atoms with van der Waals surface area (Å²) in [6, 6.07) is 6.97. The molecule has 3 aromatic rings. The van der Waals surface area contributed by atoms with Crippen LogP contribution in [-0.2, 0) is 18.5 Å². The average Bonchev–Trinajstić information content (AvgIpc) is 2.66. The van der Waals surface area contributed by atoms with Crippen molar-refractivity contribution >= 4 is 0 Å². The van der Waals surface area contributed by atoms with Crippen LogP contribution in [-0.4, -0.2) is 10.1 Å². The van der Waals surface area contributed by atoms with E-state index in [1.54, 1.807) is 0 Å². The number of halogens is 9. The van der Waals surface area contributed by atoms with E-state index >= 15 is 0 Å². The molecule has 0 bridgehead atoms. The molecule has 0 atom stereocenters. The Kier molecular flexibility index (Phi) is 5.41. The fraction of sp³-hybridized carbons (Fsp3) is 0.150. The maximum atomic E-state index is 13.4. The van der Waals surface area contributed by atoms with Crippen LogP contribution >= 0.6 is 0 Å². The fourth-order valence-electron chi connectivity index (χ4n) is 2.98. The molecule has 0 fully saturated rings. The number of rotatable bonds is 2. The van der Waals surface area contributed by atoms with Gasteiger partial charge < -0.3 is 5.11 Å². The molecule has 1 N–H and O–H groups in total. The highest BCUT2D eigenvalue weighted by atomic mass is 19.4. The largest absolute Gasteiger partial charge is 0.505 e. The molecule has 11 heteroatoms. The van der Waals surface area contributed by atoms with Crippen LogP contribution < -0.4 is 0 Å².